The molecule has 1 heterocycles. The fraction of sp³-hybridized carbons (Fsp3) is 0.818. The Morgan fingerprint density at radius 1 is 1.44 bits per heavy atom. The molecule has 1 N–H and O–H groups in total. The van der Waals surface area contributed by atoms with Crippen LogP contribution in [0, 0.1) is 5.41 Å². The van der Waals surface area contributed by atoms with Crippen molar-refractivity contribution in [3.63, 3.8) is 0 Å². The average Bonchev–Trinajstić information content (AvgIpc) is 2.54. The van der Waals surface area contributed by atoms with E-state index in [0.717, 1.165) is 19.5 Å². The summed E-state index contributed by atoms with van der Waals surface area (Å²) in [5, 5.41) is 8.54. The molecule has 5 nitrogen and oxygen atoms in total. The van der Waals surface area contributed by atoms with Crippen molar-refractivity contribution in [3.8, 4) is 0 Å². The van der Waals surface area contributed by atoms with Gasteiger partial charge in [0.1, 0.15) is 0 Å². The predicted molar refractivity (Wildman–Crippen MR) is 60.2 cm³/mol. The Balaban J connectivity index is 2.43. The third-order valence-electron chi connectivity index (χ3n) is 2.94. The van der Waals surface area contributed by atoms with Crippen LogP contribution in [0.5, 0.6) is 0 Å². The second-order valence-corrected chi connectivity index (χ2v) is 5.18. The van der Waals surface area contributed by atoms with Crippen LogP contribution in [0.1, 0.15) is 26.7 Å². The van der Waals surface area contributed by atoms with Crippen LogP contribution in [0.3, 0.4) is 0 Å². The van der Waals surface area contributed by atoms with Gasteiger partial charge in [-0.25, -0.2) is 4.79 Å². The molecule has 0 atom stereocenters. The molecule has 0 bridgehead atoms. The summed E-state index contributed by atoms with van der Waals surface area (Å²) in [7, 11) is 1.65. The van der Waals surface area contributed by atoms with Crippen molar-refractivity contribution in [2.24, 2.45) is 5.41 Å². The van der Waals surface area contributed by atoms with Crippen molar-refractivity contribution in [2.75, 3.05) is 26.7 Å². The lowest BCUT2D eigenvalue weighted by Gasteiger charge is -2.25. The SMILES string of the molecule is CN(CCC(=O)O)C(=O)N1CCC(C)(C)C1. The van der Waals surface area contributed by atoms with Gasteiger partial charge in [0.2, 0.25) is 0 Å². The Morgan fingerprint density at radius 2 is 2.06 bits per heavy atom. The van der Waals surface area contributed by atoms with E-state index in [1.807, 2.05) is 0 Å². The molecule has 92 valence electrons. The summed E-state index contributed by atoms with van der Waals surface area (Å²) >= 11 is 0. The van der Waals surface area contributed by atoms with Crippen LogP contribution < -0.4 is 0 Å². The minimum absolute atomic E-state index is 0.000523. The van der Waals surface area contributed by atoms with Crippen molar-refractivity contribution in [1.82, 2.24) is 9.80 Å². The molecule has 1 saturated heterocycles. The molecule has 1 aliphatic heterocycles. The second kappa shape index (κ2) is 4.72. The summed E-state index contributed by atoms with van der Waals surface area (Å²) in [5.41, 5.74) is 0.184. The Kier molecular flexibility index (Phi) is 3.78. The van der Waals surface area contributed by atoms with Crippen molar-refractivity contribution in [3.05, 3.63) is 0 Å². The van der Waals surface area contributed by atoms with E-state index < -0.39 is 5.97 Å². The summed E-state index contributed by atoms with van der Waals surface area (Å²) in [6.07, 6.45) is 1.00. The highest BCUT2D eigenvalue weighted by Gasteiger charge is 2.33. The van der Waals surface area contributed by atoms with E-state index in [1.165, 1.54) is 4.90 Å². The van der Waals surface area contributed by atoms with Gasteiger partial charge in [0, 0.05) is 26.7 Å². The van der Waals surface area contributed by atoms with Crippen LogP contribution in [-0.2, 0) is 4.79 Å². The monoisotopic (exact) mass is 228 g/mol. The van der Waals surface area contributed by atoms with Crippen molar-refractivity contribution in [2.45, 2.75) is 26.7 Å². The number of carbonyl (C=O) groups excluding carboxylic acids is 1. The number of hydrogen-bond acceptors (Lipinski definition) is 2. The lowest BCUT2D eigenvalue weighted by atomic mass is 9.93. The fourth-order valence-corrected chi connectivity index (χ4v) is 1.88. The molecule has 5 heteroatoms. The van der Waals surface area contributed by atoms with Crippen LogP contribution in [0.15, 0.2) is 0 Å². The molecule has 0 spiro atoms. The maximum atomic E-state index is 11.9. The first-order chi connectivity index (χ1) is 7.32. The van der Waals surface area contributed by atoms with Gasteiger partial charge in [-0.1, -0.05) is 13.8 Å². The largest absolute Gasteiger partial charge is 0.481 e. The Labute approximate surface area is 96.0 Å². The minimum Gasteiger partial charge on any atom is -0.481 e. The number of urea groups is 1. The van der Waals surface area contributed by atoms with Crippen LogP contribution in [-0.4, -0.2) is 53.6 Å². The predicted octanol–water partition coefficient (Wildman–Crippen LogP) is 1.24. The average molecular weight is 228 g/mol. The highest BCUT2D eigenvalue weighted by Crippen LogP contribution is 2.29. The number of carbonyl (C=O) groups is 2. The zero-order chi connectivity index (χ0) is 12.3. The Morgan fingerprint density at radius 3 is 2.50 bits per heavy atom. The minimum atomic E-state index is -0.874. The lowest BCUT2D eigenvalue weighted by molar-refractivity contribution is -0.137. The van der Waals surface area contributed by atoms with Gasteiger partial charge < -0.3 is 14.9 Å². The molecule has 1 rings (SSSR count). The van der Waals surface area contributed by atoms with E-state index >= 15 is 0 Å². The quantitative estimate of drug-likeness (QED) is 0.790. The standard InChI is InChI=1S/C11H20N2O3/c1-11(2)5-7-13(8-11)10(16)12(3)6-4-9(14)15/h4-8H2,1-3H3,(H,14,15). The molecule has 1 aliphatic rings. The number of hydrogen-bond donors (Lipinski definition) is 1. The summed E-state index contributed by atoms with van der Waals surface area (Å²) in [4.78, 5) is 25.6. The van der Waals surface area contributed by atoms with Gasteiger partial charge in [0.25, 0.3) is 0 Å². The van der Waals surface area contributed by atoms with Crippen LogP contribution in [0.4, 0.5) is 4.79 Å². The fourth-order valence-electron chi connectivity index (χ4n) is 1.88. The van der Waals surface area contributed by atoms with Crippen LogP contribution in [0.2, 0.25) is 0 Å². The molecule has 0 aromatic heterocycles. The smallest absolute Gasteiger partial charge is 0.319 e. The van der Waals surface area contributed by atoms with Gasteiger partial charge in [-0.3, -0.25) is 4.79 Å². The van der Waals surface area contributed by atoms with Gasteiger partial charge in [-0.05, 0) is 11.8 Å². The van der Waals surface area contributed by atoms with Gasteiger partial charge in [0.15, 0.2) is 0 Å². The topological polar surface area (TPSA) is 60.9 Å². The highest BCUT2D eigenvalue weighted by molar-refractivity contribution is 5.75. The molecule has 1 fully saturated rings. The Hall–Kier alpha value is -1.26. The number of amides is 2. The molecule has 16 heavy (non-hydrogen) atoms. The summed E-state index contributed by atoms with van der Waals surface area (Å²) in [6, 6.07) is -0.0631. The second-order valence-electron chi connectivity index (χ2n) is 5.18. The third kappa shape index (κ3) is 3.40. The van der Waals surface area contributed by atoms with Gasteiger partial charge in [-0.15, -0.1) is 0 Å². The van der Waals surface area contributed by atoms with Gasteiger partial charge in [-0.2, -0.15) is 0 Å². The maximum absolute atomic E-state index is 11.9. The molecule has 0 aromatic rings. The third-order valence-corrected chi connectivity index (χ3v) is 2.94. The van der Waals surface area contributed by atoms with E-state index in [1.54, 1.807) is 11.9 Å². The number of carboxylic acids is 1. The van der Waals surface area contributed by atoms with E-state index in [0.29, 0.717) is 0 Å². The van der Waals surface area contributed by atoms with E-state index in [-0.39, 0.29) is 24.4 Å². The van der Waals surface area contributed by atoms with Gasteiger partial charge >= 0.3 is 12.0 Å². The molecular weight excluding hydrogens is 208 g/mol. The zero-order valence-electron chi connectivity index (χ0n) is 10.2. The molecule has 2 amide bonds. The first-order valence-corrected chi connectivity index (χ1v) is 5.54. The van der Waals surface area contributed by atoms with Crippen LogP contribution in [0.25, 0.3) is 0 Å². The normalized spacial score (nSPS) is 18.6. The van der Waals surface area contributed by atoms with Gasteiger partial charge in [0.05, 0.1) is 6.42 Å². The molecule has 0 unspecified atom stereocenters. The van der Waals surface area contributed by atoms with Crippen molar-refractivity contribution < 1.29 is 14.7 Å². The molecule has 0 aliphatic carbocycles. The first kappa shape index (κ1) is 12.8. The van der Waals surface area contributed by atoms with E-state index in [4.69, 9.17) is 5.11 Å². The molecule has 0 radical (unpaired) electrons. The van der Waals surface area contributed by atoms with Crippen LogP contribution >= 0.6 is 0 Å². The summed E-state index contributed by atoms with van der Waals surface area (Å²) in [6.45, 7) is 6.06. The number of nitrogens with zero attached hydrogens (tertiary/aromatic N) is 2. The summed E-state index contributed by atoms with van der Waals surface area (Å²) < 4.78 is 0. The first-order valence-electron chi connectivity index (χ1n) is 5.54. The van der Waals surface area contributed by atoms with Crippen molar-refractivity contribution in [1.29, 1.82) is 0 Å². The number of likely N-dealkylation sites (tertiary alicyclic amines) is 1. The number of rotatable bonds is 3. The van der Waals surface area contributed by atoms with E-state index in [9.17, 15) is 9.59 Å². The molecular formula is C11H20N2O3. The summed E-state index contributed by atoms with van der Waals surface area (Å²) in [5.74, 6) is -0.874. The highest BCUT2D eigenvalue weighted by atomic mass is 16.4. The number of aliphatic carboxylic acids is 1. The number of carboxylic acid groups (broad SMARTS) is 1. The van der Waals surface area contributed by atoms with E-state index in [2.05, 4.69) is 13.8 Å². The maximum Gasteiger partial charge on any atom is 0.319 e. The Bertz CT molecular complexity index is 289. The molecule has 0 aromatic carbocycles. The zero-order valence-corrected chi connectivity index (χ0v) is 10.2. The lowest BCUT2D eigenvalue weighted by Crippen LogP contribution is -2.41. The van der Waals surface area contributed by atoms with Crippen molar-refractivity contribution >= 4 is 12.0 Å². The molecule has 0 saturated carbocycles.